The molecule has 0 saturated carbocycles. The van der Waals surface area contributed by atoms with E-state index in [9.17, 15) is 4.39 Å². The van der Waals surface area contributed by atoms with Gasteiger partial charge in [0.15, 0.2) is 5.75 Å². The molecule has 5 heteroatoms. The number of benzene rings is 1. The number of nitrogens with two attached hydrogens (primary N) is 1. The Morgan fingerprint density at radius 1 is 1.64 bits per heavy atom. The molecule has 0 radical (unpaired) electrons. The van der Waals surface area contributed by atoms with E-state index in [1.165, 1.54) is 12.1 Å². The van der Waals surface area contributed by atoms with Gasteiger partial charge in [0.1, 0.15) is 12.4 Å². The van der Waals surface area contributed by atoms with Crippen molar-refractivity contribution in [2.24, 2.45) is 0 Å². The van der Waals surface area contributed by atoms with E-state index in [1.807, 2.05) is 0 Å². The van der Waals surface area contributed by atoms with Gasteiger partial charge in [-0.3, -0.25) is 0 Å². The van der Waals surface area contributed by atoms with E-state index < -0.39 is 11.9 Å². The zero-order valence-corrected chi connectivity index (χ0v) is 9.21. The number of hydrogen-bond acceptors (Lipinski definition) is 3. The van der Waals surface area contributed by atoms with Crippen LogP contribution in [0, 0.1) is 5.82 Å². The van der Waals surface area contributed by atoms with Gasteiger partial charge in [0, 0.05) is 6.07 Å². The van der Waals surface area contributed by atoms with Gasteiger partial charge in [0.25, 0.3) is 0 Å². The molecule has 0 heterocycles. The van der Waals surface area contributed by atoms with Gasteiger partial charge in [0.05, 0.1) is 16.3 Å². The molecule has 1 aromatic rings. The molecule has 0 aliphatic rings. The molecule has 0 aromatic heterocycles. The summed E-state index contributed by atoms with van der Waals surface area (Å²) in [5.41, 5.74) is 5.74. The third kappa shape index (κ3) is 2.85. The standard InChI is InChI=1S/C9H11BrFNO2/c1-5(13)4-14-9-7(10)2-6(11)3-8(9)12/h2-3,5,13H,4,12H2,1H3. The Hall–Kier alpha value is -0.810. The summed E-state index contributed by atoms with van der Waals surface area (Å²) < 4.78 is 18.4. The number of anilines is 1. The minimum Gasteiger partial charge on any atom is -0.488 e. The summed E-state index contributed by atoms with van der Waals surface area (Å²) in [5, 5.41) is 8.99. The quantitative estimate of drug-likeness (QED) is 0.820. The first-order valence-electron chi connectivity index (χ1n) is 4.06. The molecule has 1 rings (SSSR count). The van der Waals surface area contributed by atoms with Crippen LogP contribution in [0.4, 0.5) is 10.1 Å². The SMILES string of the molecule is CC(O)COc1c(N)cc(F)cc1Br. The molecule has 1 atom stereocenters. The summed E-state index contributed by atoms with van der Waals surface area (Å²) >= 11 is 3.12. The van der Waals surface area contributed by atoms with Gasteiger partial charge in [0.2, 0.25) is 0 Å². The highest BCUT2D eigenvalue weighted by Gasteiger charge is 2.09. The number of aliphatic hydroxyl groups is 1. The van der Waals surface area contributed by atoms with E-state index in [1.54, 1.807) is 6.92 Å². The third-order valence-corrected chi connectivity index (χ3v) is 2.10. The maximum absolute atomic E-state index is 12.8. The van der Waals surface area contributed by atoms with E-state index in [4.69, 9.17) is 15.6 Å². The molecule has 3 nitrogen and oxygen atoms in total. The average Bonchev–Trinajstić information content (AvgIpc) is 2.01. The van der Waals surface area contributed by atoms with Crippen LogP contribution in [0.5, 0.6) is 5.75 Å². The second-order valence-corrected chi connectivity index (χ2v) is 3.82. The third-order valence-electron chi connectivity index (χ3n) is 1.51. The highest BCUT2D eigenvalue weighted by molar-refractivity contribution is 9.10. The molecule has 3 N–H and O–H groups in total. The van der Waals surface area contributed by atoms with Crippen LogP contribution in [-0.4, -0.2) is 17.8 Å². The van der Waals surface area contributed by atoms with Crippen LogP contribution < -0.4 is 10.5 Å². The molecule has 0 bridgehead atoms. The molecule has 0 amide bonds. The van der Waals surface area contributed by atoms with Crippen molar-refractivity contribution in [2.45, 2.75) is 13.0 Å². The van der Waals surface area contributed by atoms with Gasteiger partial charge < -0.3 is 15.6 Å². The minimum absolute atomic E-state index is 0.119. The normalized spacial score (nSPS) is 12.6. The lowest BCUT2D eigenvalue weighted by molar-refractivity contribution is 0.122. The van der Waals surface area contributed by atoms with Crippen LogP contribution >= 0.6 is 15.9 Å². The van der Waals surface area contributed by atoms with Crippen LogP contribution in [-0.2, 0) is 0 Å². The van der Waals surface area contributed by atoms with Crippen LogP contribution in [0.1, 0.15) is 6.92 Å². The largest absolute Gasteiger partial charge is 0.488 e. The smallest absolute Gasteiger partial charge is 0.156 e. The summed E-state index contributed by atoms with van der Waals surface area (Å²) in [5.74, 6) is -0.0777. The molecule has 14 heavy (non-hydrogen) atoms. The van der Waals surface area contributed by atoms with Crippen molar-refractivity contribution in [2.75, 3.05) is 12.3 Å². The summed E-state index contributed by atoms with van der Waals surface area (Å²) in [7, 11) is 0. The zero-order valence-electron chi connectivity index (χ0n) is 7.63. The van der Waals surface area contributed by atoms with E-state index >= 15 is 0 Å². The topological polar surface area (TPSA) is 55.5 Å². The van der Waals surface area contributed by atoms with Crippen molar-refractivity contribution >= 4 is 21.6 Å². The molecule has 0 fully saturated rings. The Morgan fingerprint density at radius 2 is 2.29 bits per heavy atom. The number of ether oxygens (including phenoxy) is 1. The number of halogens is 2. The number of rotatable bonds is 3. The summed E-state index contributed by atoms with van der Waals surface area (Å²) in [4.78, 5) is 0. The molecular formula is C9H11BrFNO2. The number of hydrogen-bond donors (Lipinski definition) is 2. The first kappa shape index (κ1) is 11.3. The molecular weight excluding hydrogens is 253 g/mol. The fourth-order valence-corrected chi connectivity index (χ4v) is 1.50. The van der Waals surface area contributed by atoms with E-state index in [-0.39, 0.29) is 12.3 Å². The average molecular weight is 264 g/mol. The Kier molecular flexibility index (Phi) is 3.71. The minimum atomic E-state index is -0.591. The van der Waals surface area contributed by atoms with Crippen molar-refractivity contribution in [3.05, 3.63) is 22.4 Å². The highest BCUT2D eigenvalue weighted by Crippen LogP contribution is 2.32. The second-order valence-electron chi connectivity index (χ2n) is 2.97. The van der Waals surface area contributed by atoms with Gasteiger partial charge in [-0.1, -0.05) is 0 Å². The predicted octanol–water partition coefficient (Wildman–Crippen LogP) is 1.93. The Balaban J connectivity index is 2.86. The number of nitrogen functional groups attached to an aromatic ring is 1. The summed E-state index contributed by atoms with van der Waals surface area (Å²) in [6.45, 7) is 1.71. The maximum atomic E-state index is 12.8. The van der Waals surface area contributed by atoms with Gasteiger partial charge >= 0.3 is 0 Å². The van der Waals surface area contributed by atoms with Crippen LogP contribution in [0.3, 0.4) is 0 Å². The van der Waals surface area contributed by atoms with Gasteiger partial charge in [-0.15, -0.1) is 0 Å². The molecule has 78 valence electrons. The van der Waals surface area contributed by atoms with E-state index in [2.05, 4.69) is 15.9 Å². The molecule has 0 aliphatic heterocycles. The Morgan fingerprint density at radius 3 is 2.79 bits per heavy atom. The molecule has 0 aliphatic carbocycles. The van der Waals surface area contributed by atoms with E-state index in [0.717, 1.165) is 0 Å². The molecule has 1 unspecified atom stereocenters. The molecule has 0 spiro atoms. The summed E-state index contributed by atoms with van der Waals surface area (Å²) in [6, 6.07) is 2.43. The lowest BCUT2D eigenvalue weighted by Crippen LogP contribution is -2.13. The fraction of sp³-hybridized carbons (Fsp3) is 0.333. The van der Waals surface area contributed by atoms with Crippen molar-refractivity contribution < 1.29 is 14.2 Å². The highest BCUT2D eigenvalue weighted by atomic mass is 79.9. The Bertz CT molecular complexity index is 308. The molecule has 0 saturated heterocycles. The maximum Gasteiger partial charge on any atom is 0.156 e. The summed E-state index contributed by atoms with van der Waals surface area (Å²) in [6.07, 6.45) is -0.591. The first-order chi connectivity index (χ1) is 6.50. The van der Waals surface area contributed by atoms with Crippen LogP contribution in [0.15, 0.2) is 16.6 Å². The first-order valence-corrected chi connectivity index (χ1v) is 4.85. The van der Waals surface area contributed by atoms with Crippen LogP contribution in [0.25, 0.3) is 0 Å². The van der Waals surface area contributed by atoms with Crippen molar-refractivity contribution in [3.63, 3.8) is 0 Å². The lowest BCUT2D eigenvalue weighted by Gasteiger charge is -2.12. The van der Waals surface area contributed by atoms with Gasteiger partial charge in [-0.25, -0.2) is 4.39 Å². The van der Waals surface area contributed by atoms with Crippen molar-refractivity contribution in [3.8, 4) is 5.75 Å². The zero-order chi connectivity index (χ0) is 10.7. The van der Waals surface area contributed by atoms with Gasteiger partial charge in [-0.05, 0) is 28.9 Å². The van der Waals surface area contributed by atoms with Crippen LogP contribution in [0.2, 0.25) is 0 Å². The lowest BCUT2D eigenvalue weighted by atomic mass is 10.3. The second kappa shape index (κ2) is 4.61. The van der Waals surface area contributed by atoms with Crippen molar-refractivity contribution in [1.29, 1.82) is 0 Å². The fourth-order valence-electron chi connectivity index (χ4n) is 0.936. The monoisotopic (exact) mass is 263 g/mol. The van der Waals surface area contributed by atoms with Gasteiger partial charge in [-0.2, -0.15) is 0 Å². The predicted molar refractivity (Wildman–Crippen MR) is 55.7 cm³/mol. The molecule has 1 aromatic carbocycles. The van der Waals surface area contributed by atoms with E-state index in [0.29, 0.717) is 10.2 Å². The van der Waals surface area contributed by atoms with Crippen molar-refractivity contribution in [1.82, 2.24) is 0 Å². The number of aliphatic hydroxyl groups excluding tert-OH is 1. The Labute approximate surface area is 89.8 Å².